The number of carbonyl (C=O) groups excluding carboxylic acids is 2. The van der Waals surface area contributed by atoms with Crippen LogP contribution in [0.5, 0.6) is 11.5 Å². The van der Waals surface area contributed by atoms with Crippen molar-refractivity contribution in [1.82, 2.24) is 0 Å². The van der Waals surface area contributed by atoms with Gasteiger partial charge >= 0.3 is 6.36 Å². The molecule has 0 unspecified atom stereocenters. The molecule has 1 heterocycles. The molecule has 0 saturated heterocycles. The number of hydrogen-bond acceptors (Lipinski definition) is 6. The zero-order valence-corrected chi connectivity index (χ0v) is 20.2. The van der Waals surface area contributed by atoms with E-state index in [9.17, 15) is 22.8 Å². The molecule has 1 aliphatic rings. The lowest BCUT2D eigenvalue weighted by molar-refractivity contribution is -0.274. The van der Waals surface area contributed by atoms with Gasteiger partial charge in [-0.05, 0) is 36.4 Å². The molecule has 0 aromatic heterocycles. The third-order valence-electron chi connectivity index (χ3n) is 4.99. The predicted molar refractivity (Wildman–Crippen MR) is 137 cm³/mol. The number of anilines is 2. The van der Waals surface area contributed by atoms with Gasteiger partial charge in [0.15, 0.2) is 10.9 Å². The number of aliphatic imine (C=N–C) groups is 1. The normalized spacial score (nSPS) is 14.5. The molecule has 1 N–H and O–H groups in total. The van der Waals surface area contributed by atoms with Crippen LogP contribution in [0.3, 0.4) is 0 Å². The lowest BCUT2D eigenvalue weighted by Gasteiger charge is -2.18. The molecule has 3 aromatic carbocycles. The molecule has 0 fully saturated rings. The van der Waals surface area contributed by atoms with E-state index >= 15 is 0 Å². The molecule has 0 bridgehead atoms. The summed E-state index contributed by atoms with van der Waals surface area (Å²) >= 11 is 0.969. The van der Waals surface area contributed by atoms with Crippen molar-refractivity contribution in [1.29, 1.82) is 0 Å². The molecule has 0 spiro atoms. The largest absolute Gasteiger partial charge is 0.573 e. The highest BCUT2D eigenvalue weighted by Crippen LogP contribution is 2.32. The molecule has 2 amide bonds. The Balaban J connectivity index is 1.56. The van der Waals surface area contributed by atoms with Crippen LogP contribution in [-0.4, -0.2) is 36.2 Å². The monoisotopic (exact) mass is 527 g/mol. The zero-order valence-electron chi connectivity index (χ0n) is 19.4. The van der Waals surface area contributed by atoms with Crippen LogP contribution in [-0.2, 0) is 9.59 Å². The number of hydrogen-bond donors (Lipinski definition) is 1. The smallest absolute Gasteiger partial charge is 0.496 e. The van der Waals surface area contributed by atoms with Crippen LogP contribution in [0.1, 0.15) is 5.56 Å². The van der Waals surface area contributed by atoms with Gasteiger partial charge in [-0.2, -0.15) is 0 Å². The number of rotatable bonds is 7. The first-order valence-corrected chi connectivity index (χ1v) is 11.8. The number of nitrogens with zero attached hydrogens (tertiary/aromatic N) is 2. The third-order valence-corrected chi connectivity index (χ3v) is 5.93. The Morgan fingerprint density at radius 3 is 2.35 bits per heavy atom. The van der Waals surface area contributed by atoms with E-state index in [1.165, 1.54) is 30.2 Å². The minimum Gasteiger partial charge on any atom is -0.496 e. The molecular formula is C26H20F3N3O4S. The van der Waals surface area contributed by atoms with Crippen LogP contribution in [0.4, 0.5) is 24.5 Å². The summed E-state index contributed by atoms with van der Waals surface area (Å²) in [4.78, 5) is 31.7. The molecule has 11 heteroatoms. The quantitative estimate of drug-likeness (QED) is 0.398. The second-order valence-electron chi connectivity index (χ2n) is 7.52. The molecule has 3 aromatic rings. The molecule has 0 saturated carbocycles. The zero-order chi connectivity index (χ0) is 26.4. The summed E-state index contributed by atoms with van der Waals surface area (Å²) in [5.41, 5.74) is 1.20. The Bertz CT molecular complexity index is 1360. The second kappa shape index (κ2) is 11.2. The number of amides is 2. The number of alkyl halides is 3. The number of para-hydroxylation sites is 4. The van der Waals surface area contributed by atoms with E-state index in [1.54, 1.807) is 60.7 Å². The first kappa shape index (κ1) is 25.8. The molecule has 4 rings (SSSR count). The molecule has 37 heavy (non-hydrogen) atoms. The van der Waals surface area contributed by atoms with E-state index < -0.39 is 23.9 Å². The molecule has 7 nitrogen and oxygen atoms in total. The predicted octanol–water partition coefficient (Wildman–Crippen LogP) is 5.71. The van der Waals surface area contributed by atoms with Crippen LogP contribution in [0, 0.1) is 0 Å². The van der Waals surface area contributed by atoms with Crippen molar-refractivity contribution < 1.29 is 32.2 Å². The first-order valence-electron chi connectivity index (χ1n) is 10.9. The van der Waals surface area contributed by atoms with Crippen molar-refractivity contribution in [3.05, 3.63) is 90.1 Å². The van der Waals surface area contributed by atoms with Crippen molar-refractivity contribution in [2.24, 2.45) is 4.99 Å². The fraction of sp³-hybridized carbons (Fsp3) is 0.115. The van der Waals surface area contributed by atoms with Gasteiger partial charge in [0.05, 0.1) is 24.2 Å². The minimum atomic E-state index is -4.91. The van der Waals surface area contributed by atoms with Gasteiger partial charge in [-0.3, -0.25) is 14.5 Å². The molecule has 190 valence electrons. The van der Waals surface area contributed by atoms with Crippen LogP contribution < -0.4 is 19.7 Å². The van der Waals surface area contributed by atoms with E-state index in [2.05, 4.69) is 15.0 Å². The number of halogens is 3. The van der Waals surface area contributed by atoms with Crippen LogP contribution in [0.25, 0.3) is 6.08 Å². The molecule has 0 atom stereocenters. The molecule has 0 radical (unpaired) electrons. The molecule has 0 aliphatic carbocycles. The number of ether oxygens (including phenoxy) is 2. The van der Waals surface area contributed by atoms with Crippen LogP contribution >= 0.6 is 11.8 Å². The van der Waals surface area contributed by atoms with Crippen molar-refractivity contribution in [3.63, 3.8) is 0 Å². The maximum atomic E-state index is 13.3. The lowest BCUT2D eigenvalue weighted by atomic mass is 10.1. The summed E-state index contributed by atoms with van der Waals surface area (Å²) in [5, 5.41) is 2.66. The Hall–Kier alpha value is -4.25. The van der Waals surface area contributed by atoms with Gasteiger partial charge in [0.2, 0.25) is 5.91 Å². The number of amidine groups is 1. The number of carbonyl (C=O) groups is 2. The number of benzene rings is 3. The molecular weight excluding hydrogens is 507 g/mol. The number of thioether (sulfide) groups is 1. The van der Waals surface area contributed by atoms with Gasteiger partial charge in [-0.1, -0.05) is 60.3 Å². The maximum absolute atomic E-state index is 13.3. The van der Waals surface area contributed by atoms with Gasteiger partial charge < -0.3 is 14.8 Å². The maximum Gasteiger partial charge on any atom is 0.573 e. The van der Waals surface area contributed by atoms with Crippen LogP contribution in [0.2, 0.25) is 0 Å². The highest BCUT2D eigenvalue weighted by Gasteiger charge is 2.34. The van der Waals surface area contributed by atoms with Crippen molar-refractivity contribution in [3.8, 4) is 11.5 Å². The molecule has 1 aliphatic heterocycles. The van der Waals surface area contributed by atoms with Crippen molar-refractivity contribution in [2.45, 2.75) is 6.36 Å². The van der Waals surface area contributed by atoms with Gasteiger partial charge in [0.1, 0.15) is 11.4 Å². The Morgan fingerprint density at radius 2 is 1.65 bits per heavy atom. The third kappa shape index (κ3) is 6.50. The van der Waals surface area contributed by atoms with Crippen molar-refractivity contribution in [2.75, 3.05) is 23.1 Å². The minimum absolute atomic E-state index is 0.133. The standard InChI is InChI=1S/C26H20F3N3O4S/c1-35-21-13-7-5-9-17(21)15-20-24(34)32(18-10-3-2-4-11-18)25(31-20)37-16-23(33)30-19-12-6-8-14-22(19)36-26(27,28)29/h2-15H,16H2,1H3,(H,30,33)/b20-15+. The average molecular weight is 528 g/mol. The van der Waals surface area contributed by atoms with Gasteiger partial charge in [-0.15, -0.1) is 13.2 Å². The van der Waals surface area contributed by atoms with Gasteiger partial charge in [0, 0.05) is 5.56 Å². The van der Waals surface area contributed by atoms with E-state index in [4.69, 9.17) is 4.74 Å². The highest BCUT2D eigenvalue weighted by molar-refractivity contribution is 8.14. The topological polar surface area (TPSA) is 80.2 Å². The summed E-state index contributed by atoms with van der Waals surface area (Å²) in [6.45, 7) is 0. The Labute approximate surface area is 214 Å². The lowest BCUT2D eigenvalue weighted by Crippen LogP contribution is -2.31. The van der Waals surface area contributed by atoms with E-state index in [1.807, 2.05) is 0 Å². The first-order chi connectivity index (χ1) is 17.7. The van der Waals surface area contributed by atoms with E-state index in [-0.39, 0.29) is 22.3 Å². The Kier molecular flexibility index (Phi) is 7.83. The number of methoxy groups -OCH3 is 1. The second-order valence-corrected chi connectivity index (χ2v) is 8.47. The summed E-state index contributed by atoms with van der Waals surface area (Å²) in [7, 11) is 1.52. The van der Waals surface area contributed by atoms with E-state index in [0.29, 0.717) is 17.0 Å². The van der Waals surface area contributed by atoms with Gasteiger partial charge in [-0.25, -0.2) is 4.99 Å². The fourth-order valence-electron chi connectivity index (χ4n) is 3.43. The summed E-state index contributed by atoms with van der Waals surface area (Å²) in [6, 6.07) is 21.1. The summed E-state index contributed by atoms with van der Waals surface area (Å²) < 4.78 is 47.4. The van der Waals surface area contributed by atoms with E-state index in [0.717, 1.165) is 17.8 Å². The SMILES string of the molecule is COc1ccccc1/C=C1/N=C(SCC(=O)Nc2ccccc2OC(F)(F)F)N(c2ccccc2)C1=O. The number of nitrogens with one attached hydrogen (secondary N) is 1. The average Bonchev–Trinajstić information content (AvgIpc) is 3.18. The highest BCUT2D eigenvalue weighted by atomic mass is 32.2. The van der Waals surface area contributed by atoms with Gasteiger partial charge in [0.25, 0.3) is 5.91 Å². The van der Waals surface area contributed by atoms with Crippen LogP contribution in [0.15, 0.2) is 89.6 Å². The van der Waals surface area contributed by atoms with Crippen molar-refractivity contribution >= 4 is 46.2 Å². The Morgan fingerprint density at radius 1 is 1.00 bits per heavy atom. The fourth-order valence-corrected chi connectivity index (χ4v) is 4.24. The summed E-state index contributed by atoms with van der Waals surface area (Å²) in [5.74, 6) is -1.20. The summed E-state index contributed by atoms with van der Waals surface area (Å²) in [6.07, 6.45) is -3.32.